The molecule has 7 nitrogen and oxygen atoms in total. The first kappa shape index (κ1) is 28.8. The maximum absolute atomic E-state index is 13.6. The number of sulfonamides is 1. The van der Waals surface area contributed by atoms with Gasteiger partial charge in [-0.15, -0.1) is 0 Å². The highest BCUT2D eigenvalue weighted by molar-refractivity contribution is 9.10. The van der Waals surface area contributed by atoms with Gasteiger partial charge in [0.25, 0.3) is 0 Å². The minimum Gasteiger partial charge on any atom is -0.352 e. The van der Waals surface area contributed by atoms with E-state index in [1.54, 1.807) is 6.92 Å². The summed E-state index contributed by atoms with van der Waals surface area (Å²) in [6.45, 7) is 1.31. The lowest BCUT2D eigenvalue weighted by molar-refractivity contribution is -0.139. The van der Waals surface area contributed by atoms with E-state index in [1.807, 2.05) is 24.3 Å². The van der Waals surface area contributed by atoms with Crippen LogP contribution in [-0.4, -0.2) is 50.0 Å². The number of anilines is 1. The minimum atomic E-state index is -3.85. The first-order valence-electron chi connectivity index (χ1n) is 11.7. The van der Waals surface area contributed by atoms with Crippen LogP contribution in [0.1, 0.15) is 44.6 Å². The molecule has 1 atom stereocenters. The van der Waals surface area contributed by atoms with Crippen LogP contribution in [0.4, 0.5) is 5.69 Å². The van der Waals surface area contributed by atoms with E-state index in [4.69, 9.17) is 23.2 Å². The normalized spacial score (nSPS) is 15.2. The van der Waals surface area contributed by atoms with E-state index in [9.17, 15) is 18.0 Å². The molecule has 0 unspecified atom stereocenters. The zero-order valence-electron chi connectivity index (χ0n) is 20.2. The third-order valence-corrected chi connectivity index (χ3v) is 8.60. The number of hydrogen-bond acceptors (Lipinski definition) is 4. The van der Waals surface area contributed by atoms with Crippen molar-refractivity contribution in [3.63, 3.8) is 0 Å². The summed E-state index contributed by atoms with van der Waals surface area (Å²) in [5.74, 6) is -0.775. The van der Waals surface area contributed by atoms with Crippen molar-refractivity contribution in [1.29, 1.82) is 0 Å². The van der Waals surface area contributed by atoms with Crippen molar-refractivity contribution in [2.75, 3.05) is 17.1 Å². The fourth-order valence-corrected chi connectivity index (χ4v) is 5.82. The van der Waals surface area contributed by atoms with Gasteiger partial charge >= 0.3 is 0 Å². The Hall–Kier alpha value is -1.81. The van der Waals surface area contributed by atoms with Crippen LogP contribution in [0.15, 0.2) is 46.9 Å². The smallest absolute Gasteiger partial charge is 0.244 e. The van der Waals surface area contributed by atoms with Gasteiger partial charge in [0.2, 0.25) is 21.8 Å². The SMILES string of the molecule is C[C@H](C(=O)NC1CCCCC1)N(Cc1cccc(Br)c1)C(=O)CN(c1ccc(Cl)c(Cl)c1)S(C)(=O)=O. The Morgan fingerprint density at radius 1 is 1.08 bits per heavy atom. The van der Waals surface area contributed by atoms with Crippen LogP contribution >= 0.6 is 39.1 Å². The molecule has 36 heavy (non-hydrogen) atoms. The fourth-order valence-electron chi connectivity index (χ4n) is 4.24. The highest BCUT2D eigenvalue weighted by Crippen LogP contribution is 2.29. The third kappa shape index (κ3) is 7.84. The second-order valence-corrected chi connectivity index (χ2v) is 12.7. The van der Waals surface area contributed by atoms with Crippen molar-refractivity contribution in [3.05, 3.63) is 62.5 Å². The highest BCUT2D eigenvalue weighted by Gasteiger charge is 2.31. The summed E-state index contributed by atoms with van der Waals surface area (Å²) in [7, 11) is -3.85. The van der Waals surface area contributed by atoms with E-state index in [-0.39, 0.29) is 34.2 Å². The van der Waals surface area contributed by atoms with Gasteiger partial charge in [0.1, 0.15) is 12.6 Å². The Labute approximate surface area is 231 Å². The molecule has 2 aromatic carbocycles. The summed E-state index contributed by atoms with van der Waals surface area (Å²) in [5.41, 5.74) is 1.01. The fraction of sp³-hybridized carbons (Fsp3) is 0.440. The van der Waals surface area contributed by atoms with E-state index < -0.39 is 28.5 Å². The average molecular weight is 619 g/mol. The van der Waals surface area contributed by atoms with Gasteiger partial charge in [0, 0.05) is 17.1 Å². The molecule has 0 spiro atoms. The van der Waals surface area contributed by atoms with Crippen LogP contribution in [0, 0.1) is 0 Å². The zero-order valence-corrected chi connectivity index (χ0v) is 24.1. The number of rotatable bonds is 9. The molecule has 1 saturated carbocycles. The van der Waals surface area contributed by atoms with Gasteiger partial charge in [-0.2, -0.15) is 0 Å². The first-order valence-corrected chi connectivity index (χ1v) is 15.1. The van der Waals surface area contributed by atoms with E-state index in [2.05, 4.69) is 21.2 Å². The van der Waals surface area contributed by atoms with Crippen molar-refractivity contribution in [2.24, 2.45) is 0 Å². The lowest BCUT2D eigenvalue weighted by atomic mass is 9.95. The summed E-state index contributed by atoms with van der Waals surface area (Å²) in [6.07, 6.45) is 6.13. The van der Waals surface area contributed by atoms with E-state index in [1.165, 1.54) is 23.1 Å². The molecule has 3 rings (SSSR count). The first-order chi connectivity index (χ1) is 17.0. The van der Waals surface area contributed by atoms with Gasteiger partial charge in [-0.3, -0.25) is 13.9 Å². The van der Waals surface area contributed by atoms with Crippen molar-refractivity contribution >= 4 is 66.7 Å². The van der Waals surface area contributed by atoms with Crippen LogP contribution in [0.25, 0.3) is 0 Å². The molecule has 0 saturated heterocycles. The minimum absolute atomic E-state index is 0.0836. The Morgan fingerprint density at radius 2 is 1.78 bits per heavy atom. The second kappa shape index (κ2) is 12.6. The van der Waals surface area contributed by atoms with E-state index >= 15 is 0 Å². The number of hydrogen-bond donors (Lipinski definition) is 1. The van der Waals surface area contributed by atoms with Gasteiger partial charge in [-0.1, -0.05) is 70.5 Å². The number of benzene rings is 2. The quantitative estimate of drug-likeness (QED) is 0.408. The molecule has 0 bridgehead atoms. The van der Waals surface area contributed by atoms with Gasteiger partial charge < -0.3 is 10.2 Å². The van der Waals surface area contributed by atoms with Crippen molar-refractivity contribution < 1.29 is 18.0 Å². The molecule has 1 aliphatic rings. The summed E-state index contributed by atoms with van der Waals surface area (Å²) < 4.78 is 27.1. The predicted molar refractivity (Wildman–Crippen MR) is 148 cm³/mol. The topological polar surface area (TPSA) is 86.8 Å². The molecule has 0 radical (unpaired) electrons. The Kier molecular flexibility index (Phi) is 10.1. The van der Waals surface area contributed by atoms with Crippen LogP contribution in [0.5, 0.6) is 0 Å². The third-order valence-electron chi connectivity index (χ3n) is 6.23. The Balaban J connectivity index is 1.88. The van der Waals surface area contributed by atoms with Crippen LogP contribution < -0.4 is 9.62 Å². The van der Waals surface area contributed by atoms with Crippen molar-refractivity contribution in [1.82, 2.24) is 10.2 Å². The molecule has 1 N–H and O–H groups in total. The zero-order chi connectivity index (χ0) is 26.5. The van der Waals surface area contributed by atoms with Crippen LogP contribution in [-0.2, 0) is 26.2 Å². The summed E-state index contributed by atoms with van der Waals surface area (Å²) >= 11 is 15.5. The van der Waals surface area contributed by atoms with E-state index in [0.717, 1.165) is 52.7 Å². The molecule has 196 valence electrons. The average Bonchev–Trinajstić information content (AvgIpc) is 2.82. The second-order valence-electron chi connectivity index (χ2n) is 9.04. The number of carbonyl (C=O) groups excluding carboxylic acids is 2. The number of nitrogens with zero attached hydrogens (tertiary/aromatic N) is 2. The van der Waals surface area contributed by atoms with Gasteiger partial charge in [-0.05, 0) is 55.7 Å². The molecule has 0 heterocycles. The molecule has 0 aliphatic heterocycles. The van der Waals surface area contributed by atoms with Gasteiger partial charge in [0.05, 0.1) is 22.0 Å². The van der Waals surface area contributed by atoms with Gasteiger partial charge in [-0.25, -0.2) is 8.42 Å². The lowest BCUT2D eigenvalue weighted by Gasteiger charge is -2.33. The Morgan fingerprint density at radius 3 is 2.39 bits per heavy atom. The summed E-state index contributed by atoms with van der Waals surface area (Å²) in [4.78, 5) is 28.2. The maximum atomic E-state index is 13.6. The standard InChI is InChI=1S/C25H30BrCl2N3O4S/c1-17(25(33)29-20-9-4-3-5-10-20)30(15-18-7-6-8-19(26)13-18)24(32)16-31(36(2,34)35)21-11-12-22(27)23(28)14-21/h6-8,11-14,17,20H,3-5,9-10,15-16H2,1-2H3,(H,29,33)/t17-/m1/s1. The van der Waals surface area contributed by atoms with Crippen LogP contribution in [0.2, 0.25) is 10.0 Å². The van der Waals surface area contributed by atoms with Crippen molar-refractivity contribution in [2.45, 2.75) is 57.7 Å². The molecule has 0 aromatic heterocycles. The molecular formula is C25H30BrCl2N3O4S. The molecular weight excluding hydrogens is 589 g/mol. The number of nitrogens with one attached hydrogen (secondary N) is 1. The highest BCUT2D eigenvalue weighted by atomic mass is 79.9. The van der Waals surface area contributed by atoms with Crippen LogP contribution in [0.3, 0.4) is 0 Å². The lowest BCUT2D eigenvalue weighted by Crippen LogP contribution is -2.52. The van der Waals surface area contributed by atoms with Crippen molar-refractivity contribution in [3.8, 4) is 0 Å². The molecule has 2 amide bonds. The Bertz CT molecular complexity index is 1210. The summed E-state index contributed by atoms with van der Waals surface area (Å²) in [5, 5.41) is 3.51. The molecule has 1 fully saturated rings. The van der Waals surface area contributed by atoms with E-state index in [0.29, 0.717) is 0 Å². The number of amides is 2. The largest absolute Gasteiger partial charge is 0.352 e. The monoisotopic (exact) mass is 617 g/mol. The maximum Gasteiger partial charge on any atom is 0.244 e. The number of halogens is 3. The predicted octanol–water partition coefficient (Wildman–Crippen LogP) is 5.39. The molecule has 2 aromatic rings. The summed E-state index contributed by atoms with van der Waals surface area (Å²) in [6, 6.07) is 11.0. The molecule has 11 heteroatoms. The van der Waals surface area contributed by atoms with Gasteiger partial charge in [0.15, 0.2) is 0 Å². The molecule has 1 aliphatic carbocycles. The number of carbonyl (C=O) groups is 2.